The molecule has 0 aromatic heterocycles. The van der Waals surface area contributed by atoms with Crippen molar-refractivity contribution in [2.45, 2.75) is 12.0 Å². The summed E-state index contributed by atoms with van der Waals surface area (Å²) in [6.07, 6.45) is -0.625. The number of carbonyl (C=O) groups is 2. The summed E-state index contributed by atoms with van der Waals surface area (Å²) >= 11 is 13.9. The molecule has 8 heteroatoms. The van der Waals surface area contributed by atoms with Crippen LogP contribution < -0.4 is 5.32 Å². The van der Waals surface area contributed by atoms with Crippen molar-refractivity contribution in [3.8, 4) is 0 Å². The van der Waals surface area contributed by atoms with Crippen LogP contribution >= 0.6 is 35.0 Å². The second-order valence-corrected chi connectivity index (χ2v) is 7.92. The molecule has 5 nitrogen and oxygen atoms in total. The van der Waals surface area contributed by atoms with Crippen LogP contribution in [-0.4, -0.2) is 35.7 Å². The summed E-state index contributed by atoms with van der Waals surface area (Å²) < 4.78 is 5.12. The van der Waals surface area contributed by atoms with Crippen LogP contribution in [0.2, 0.25) is 10.0 Å². The van der Waals surface area contributed by atoms with Crippen LogP contribution in [0.3, 0.4) is 0 Å². The van der Waals surface area contributed by atoms with E-state index in [2.05, 4.69) is 5.32 Å². The van der Waals surface area contributed by atoms with Gasteiger partial charge in [-0.15, -0.1) is 11.8 Å². The molecule has 1 aliphatic rings. The van der Waals surface area contributed by atoms with Gasteiger partial charge >= 0.3 is 6.09 Å². The molecule has 1 atom stereocenters. The fraction of sp³-hybridized carbons (Fsp3) is 0.263. The van der Waals surface area contributed by atoms with E-state index in [1.54, 1.807) is 28.8 Å². The van der Waals surface area contributed by atoms with Crippen molar-refractivity contribution in [1.29, 1.82) is 0 Å². The van der Waals surface area contributed by atoms with Crippen LogP contribution in [0.5, 0.6) is 0 Å². The third-order valence-electron chi connectivity index (χ3n) is 4.04. The van der Waals surface area contributed by atoms with Gasteiger partial charge in [0.15, 0.2) is 0 Å². The maximum atomic E-state index is 12.6. The number of hydrogen-bond acceptors (Lipinski definition) is 4. The molecule has 0 saturated carbocycles. The van der Waals surface area contributed by atoms with Gasteiger partial charge in [0.25, 0.3) is 0 Å². The van der Waals surface area contributed by atoms with E-state index in [1.165, 1.54) is 0 Å². The van der Waals surface area contributed by atoms with Crippen molar-refractivity contribution in [3.63, 3.8) is 0 Å². The zero-order chi connectivity index (χ0) is 19.2. The number of halogens is 2. The number of alkyl carbamates (subject to hydrolysis) is 1. The van der Waals surface area contributed by atoms with Crippen molar-refractivity contribution in [2.75, 3.05) is 18.8 Å². The standard InChI is InChI=1S/C19H18Cl2N2O3S/c20-14-6-7-15(16(21)10-14)18-23(8-9-27-18)17(24)11-22-19(25)26-12-13-4-2-1-3-5-13/h1-7,10,18H,8-9,11-12H2,(H,22,25). The van der Waals surface area contributed by atoms with Gasteiger partial charge in [-0.2, -0.15) is 0 Å². The maximum Gasteiger partial charge on any atom is 0.407 e. The Hall–Kier alpha value is -1.89. The molecule has 142 valence electrons. The molecule has 2 aromatic carbocycles. The Morgan fingerprint density at radius 3 is 2.70 bits per heavy atom. The fourth-order valence-electron chi connectivity index (χ4n) is 2.71. The van der Waals surface area contributed by atoms with E-state index in [-0.39, 0.29) is 24.4 Å². The first kappa shape index (κ1) is 19.9. The van der Waals surface area contributed by atoms with Crippen molar-refractivity contribution >= 4 is 47.0 Å². The number of nitrogens with zero attached hydrogens (tertiary/aromatic N) is 1. The van der Waals surface area contributed by atoms with Crippen LogP contribution in [0.25, 0.3) is 0 Å². The fourth-order valence-corrected chi connectivity index (χ4v) is 4.60. The normalized spacial score (nSPS) is 16.2. The highest BCUT2D eigenvalue weighted by atomic mass is 35.5. The molecule has 0 aliphatic carbocycles. The number of amides is 2. The summed E-state index contributed by atoms with van der Waals surface area (Å²) in [7, 11) is 0. The smallest absolute Gasteiger partial charge is 0.407 e. The Bertz CT molecular complexity index is 820. The van der Waals surface area contributed by atoms with Gasteiger partial charge < -0.3 is 15.0 Å². The van der Waals surface area contributed by atoms with Gasteiger partial charge in [0, 0.05) is 27.9 Å². The van der Waals surface area contributed by atoms with E-state index in [0.717, 1.165) is 16.9 Å². The van der Waals surface area contributed by atoms with E-state index >= 15 is 0 Å². The summed E-state index contributed by atoms with van der Waals surface area (Å²) in [6.45, 7) is 0.618. The van der Waals surface area contributed by atoms with Gasteiger partial charge in [0.05, 0.1) is 0 Å². The number of rotatable bonds is 5. The average molecular weight is 425 g/mol. The lowest BCUT2D eigenvalue weighted by atomic mass is 10.2. The molecule has 1 saturated heterocycles. The Kier molecular flexibility index (Phi) is 6.88. The molecule has 0 radical (unpaired) electrons. The molecule has 1 N–H and O–H groups in total. The molecule has 1 aliphatic heterocycles. The Morgan fingerprint density at radius 1 is 1.19 bits per heavy atom. The number of carbonyl (C=O) groups excluding carboxylic acids is 2. The van der Waals surface area contributed by atoms with Gasteiger partial charge in [-0.25, -0.2) is 4.79 Å². The molecule has 1 heterocycles. The number of hydrogen-bond donors (Lipinski definition) is 1. The average Bonchev–Trinajstić information content (AvgIpc) is 3.15. The predicted octanol–water partition coefficient (Wildman–Crippen LogP) is 4.49. The van der Waals surface area contributed by atoms with E-state index < -0.39 is 6.09 Å². The lowest BCUT2D eigenvalue weighted by Crippen LogP contribution is -2.40. The van der Waals surface area contributed by atoms with Gasteiger partial charge in [-0.1, -0.05) is 59.6 Å². The number of nitrogens with one attached hydrogen (secondary N) is 1. The van der Waals surface area contributed by atoms with Gasteiger partial charge in [-0.05, 0) is 17.7 Å². The second kappa shape index (κ2) is 9.35. The molecule has 27 heavy (non-hydrogen) atoms. The van der Waals surface area contributed by atoms with Crippen LogP contribution in [0.1, 0.15) is 16.5 Å². The van der Waals surface area contributed by atoms with Crippen molar-refractivity contribution in [3.05, 3.63) is 69.7 Å². The third-order valence-corrected chi connectivity index (χ3v) is 5.84. The minimum absolute atomic E-state index is 0.129. The second-order valence-electron chi connectivity index (χ2n) is 5.89. The number of benzene rings is 2. The molecule has 3 rings (SSSR count). The highest BCUT2D eigenvalue weighted by molar-refractivity contribution is 7.99. The lowest BCUT2D eigenvalue weighted by molar-refractivity contribution is -0.130. The van der Waals surface area contributed by atoms with Gasteiger partial charge in [0.1, 0.15) is 18.5 Å². The molecule has 0 spiro atoms. The third kappa shape index (κ3) is 5.31. The SMILES string of the molecule is O=C(NCC(=O)N1CCSC1c1ccc(Cl)cc1Cl)OCc1ccccc1. The summed E-state index contributed by atoms with van der Waals surface area (Å²) in [5.41, 5.74) is 1.72. The number of thioether (sulfide) groups is 1. The minimum Gasteiger partial charge on any atom is -0.445 e. The van der Waals surface area contributed by atoms with Crippen LogP contribution in [0.4, 0.5) is 4.79 Å². The first-order valence-electron chi connectivity index (χ1n) is 8.35. The van der Waals surface area contributed by atoms with Gasteiger partial charge in [0.2, 0.25) is 5.91 Å². The Balaban J connectivity index is 1.53. The summed E-state index contributed by atoms with van der Waals surface area (Å²) in [5.74, 6) is 0.612. The summed E-state index contributed by atoms with van der Waals surface area (Å²) in [6, 6.07) is 14.6. The zero-order valence-corrected chi connectivity index (χ0v) is 16.7. The van der Waals surface area contributed by atoms with E-state index in [1.807, 2.05) is 36.4 Å². The highest BCUT2D eigenvalue weighted by Gasteiger charge is 2.32. The molecule has 0 bridgehead atoms. The van der Waals surface area contributed by atoms with Crippen molar-refractivity contribution < 1.29 is 14.3 Å². The Labute approximate surface area is 172 Å². The predicted molar refractivity (Wildman–Crippen MR) is 108 cm³/mol. The van der Waals surface area contributed by atoms with Gasteiger partial charge in [-0.3, -0.25) is 4.79 Å². The molecule has 1 fully saturated rings. The molecular formula is C19H18Cl2N2O3S. The summed E-state index contributed by atoms with van der Waals surface area (Å²) in [4.78, 5) is 26.1. The minimum atomic E-state index is -0.625. The topological polar surface area (TPSA) is 58.6 Å². The van der Waals surface area contributed by atoms with Crippen LogP contribution in [-0.2, 0) is 16.1 Å². The van der Waals surface area contributed by atoms with Crippen LogP contribution in [0, 0.1) is 0 Å². The molecule has 2 aromatic rings. The summed E-state index contributed by atoms with van der Waals surface area (Å²) in [5, 5.41) is 3.39. The number of ether oxygens (including phenoxy) is 1. The zero-order valence-electron chi connectivity index (χ0n) is 14.4. The lowest BCUT2D eigenvalue weighted by Gasteiger charge is -2.25. The van der Waals surface area contributed by atoms with E-state index in [0.29, 0.717) is 16.6 Å². The molecular weight excluding hydrogens is 407 g/mol. The monoisotopic (exact) mass is 424 g/mol. The van der Waals surface area contributed by atoms with Crippen molar-refractivity contribution in [1.82, 2.24) is 10.2 Å². The Morgan fingerprint density at radius 2 is 1.96 bits per heavy atom. The van der Waals surface area contributed by atoms with Crippen molar-refractivity contribution in [2.24, 2.45) is 0 Å². The molecule has 1 unspecified atom stereocenters. The van der Waals surface area contributed by atoms with E-state index in [9.17, 15) is 9.59 Å². The highest BCUT2D eigenvalue weighted by Crippen LogP contribution is 2.41. The largest absolute Gasteiger partial charge is 0.445 e. The molecule has 2 amide bonds. The van der Waals surface area contributed by atoms with Crippen LogP contribution in [0.15, 0.2) is 48.5 Å². The van der Waals surface area contributed by atoms with E-state index in [4.69, 9.17) is 27.9 Å². The first-order valence-corrected chi connectivity index (χ1v) is 10.2. The quantitative estimate of drug-likeness (QED) is 0.767. The maximum absolute atomic E-state index is 12.6. The first-order chi connectivity index (χ1) is 13.0.